The minimum atomic E-state index is -0.147. The van der Waals surface area contributed by atoms with E-state index in [-0.39, 0.29) is 24.8 Å². The van der Waals surface area contributed by atoms with Gasteiger partial charge in [-0.25, -0.2) is 0 Å². The van der Waals surface area contributed by atoms with Crippen molar-refractivity contribution in [1.29, 1.82) is 0 Å². The fourth-order valence-electron chi connectivity index (χ4n) is 2.28. The van der Waals surface area contributed by atoms with Gasteiger partial charge in [0.15, 0.2) is 0 Å². The third kappa shape index (κ3) is 3.98. The molecule has 0 bridgehead atoms. The third-order valence-electron chi connectivity index (χ3n) is 3.39. The average Bonchev–Trinajstić information content (AvgIpc) is 2.99. The van der Waals surface area contributed by atoms with Gasteiger partial charge in [0.05, 0.1) is 20.1 Å². The minimum absolute atomic E-state index is 0.00138. The van der Waals surface area contributed by atoms with Crippen LogP contribution in [0.2, 0.25) is 0 Å². The van der Waals surface area contributed by atoms with Gasteiger partial charge in [0.2, 0.25) is 11.8 Å². The highest BCUT2D eigenvalue weighted by atomic mass is 16.5. The Morgan fingerprint density at radius 2 is 2.05 bits per heavy atom. The van der Waals surface area contributed by atoms with Gasteiger partial charge in [-0.15, -0.1) is 0 Å². The summed E-state index contributed by atoms with van der Waals surface area (Å²) in [5, 5.41) is 2.67. The Morgan fingerprint density at radius 3 is 2.75 bits per heavy atom. The molecule has 1 saturated heterocycles. The Balaban J connectivity index is 1.78. The number of hydrogen-bond acceptors (Lipinski definition) is 3. The Bertz CT molecular complexity index is 482. The zero-order chi connectivity index (χ0) is 14.4. The van der Waals surface area contributed by atoms with E-state index in [2.05, 4.69) is 5.32 Å². The number of ether oxygens (including phenoxy) is 1. The second-order valence-corrected chi connectivity index (χ2v) is 4.89. The number of nitrogens with one attached hydrogen (secondary N) is 1. The van der Waals surface area contributed by atoms with Crippen molar-refractivity contribution in [3.63, 3.8) is 0 Å². The van der Waals surface area contributed by atoms with Crippen LogP contribution in [0.25, 0.3) is 0 Å². The van der Waals surface area contributed by atoms with E-state index in [0.29, 0.717) is 0 Å². The fourth-order valence-corrected chi connectivity index (χ4v) is 2.28. The summed E-state index contributed by atoms with van der Waals surface area (Å²) in [4.78, 5) is 25.4. The highest BCUT2D eigenvalue weighted by Gasteiger charge is 2.18. The van der Waals surface area contributed by atoms with E-state index in [9.17, 15) is 9.59 Å². The van der Waals surface area contributed by atoms with E-state index in [1.807, 2.05) is 24.3 Å². The highest BCUT2D eigenvalue weighted by Crippen LogP contribution is 2.12. The number of benzene rings is 1. The lowest BCUT2D eigenvalue weighted by atomic mass is 10.1. The number of carbonyl (C=O) groups is 2. The van der Waals surface area contributed by atoms with Gasteiger partial charge in [-0.1, -0.05) is 12.1 Å². The number of nitrogens with zero attached hydrogens (tertiary/aromatic N) is 1. The molecule has 5 heteroatoms. The van der Waals surface area contributed by atoms with Gasteiger partial charge < -0.3 is 15.0 Å². The zero-order valence-electron chi connectivity index (χ0n) is 11.7. The molecule has 1 heterocycles. The number of methoxy groups -OCH3 is 1. The summed E-state index contributed by atoms with van der Waals surface area (Å²) < 4.78 is 5.11. The van der Waals surface area contributed by atoms with Crippen LogP contribution in [0, 0.1) is 0 Å². The van der Waals surface area contributed by atoms with Crippen LogP contribution in [0.4, 0.5) is 0 Å². The molecule has 0 atom stereocenters. The van der Waals surface area contributed by atoms with Gasteiger partial charge in [-0.05, 0) is 30.5 Å². The van der Waals surface area contributed by atoms with Gasteiger partial charge in [0, 0.05) is 13.1 Å². The molecule has 0 saturated carbocycles. The number of amides is 2. The molecule has 1 aromatic rings. The molecule has 2 amide bonds. The van der Waals surface area contributed by atoms with Crippen molar-refractivity contribution in [2.24, 2.45) is 0 Å². The molecule has 0 aliphatic carbocycles. The Labute approximate surface area is 118 Å². The predicted molar refractivity (Wildman–Crippen MR) is 75.5 cm³/mol. The average molecular weight is 276 g/mol. The highest BCUT2D eigenvalue weighted by molar-refractivity contribution is 5.85. The first-order chi connectivity index (χ1) is 9.69. The molecule has 1 aliphatic rings. The number of rotatable bonds is 5. The monoisotopic (exact) mass is 276 g/mol. The maximum Gasteiger partial charge on any atom is 0.241 e. The second-order valence-electron chi connectivity index (χ2n) is 4.89. The van der Waals surface area contributed by atoms with Crippen LogP contribution >= 0.6 is 0 Å². The summed E-state index contributed by atoms with van der Waals surface area (Å²) in [6.45, 7) is 1.71. The van der Waals surface area contributed by atoms with E-state index in [4.69, 9.17) is 4.74 Å². The molecule has 2 rings (SSSR count). The Kier molecular flexibility index (Phi) is 4.98. The van der Waals surface area contributed by atoms with E-state index in [0.717, 1.165) is 37.2 Å². The van der Waals surface area contributed by atoms with Crippen molar-refractivity contribution in [3.8, 4) is 5.75 Å². The topological polar surface area (TPSA) is 58.6 Å². The molecule has 1 fully saturated rings. The number of likely N-dealkylation sites (tertiary alicyclic amines) is 1. The predicted octanol–water partition coefficient (Wildman–Crippen LogP) is 0.976. The van der Waals surface area contributed by atoms with Gasteiger partial charge in [0.25, 0.3) is 0 Å². The van der Waals surface area contributed by atoms with Crippen LogP contribution in [0.1, 0.15) is 18.4 Å². The largest absolute Gasteiger partial charge is 0.497 e. The van der Waals surface area contributed by atoms with Crippen LogP contribution in [-0.4, -0.2) is 43.5 Å². The smallest absolute Gasteiger partial charge is 0.241 e. The first kappa shape index (κ1) is 14.4. The summed E-state index contributed by atoms with van der Waals surface area (Å²) in [6.07, 6.45) is 2.37. The lowest BCUT2D eigenvalue weighted by Crippen LogP contribution is -2.39. The van der Waals surface area contributed by atoms with E-state index in [1.54, 1.807) is 12.0 Å². The molecule has 108 valence electrons. The van der Waals surface area contributed by atoms with Crippen molar-refractivity contribution in [3.05, 3.63) is 29.8 Å². The van der Waals surface area contributed by atoms with Gasteiger partial charge >= 0.3 is 0 Å². The molecule has 0 aromatic heterocycles. The first-order valence-electron chi connectivity index (χ1n) is 6.86. The molecular formula is C15H20N2O3. The standard InChI is InChI=1S/C15H20N2O3/c1-20-13-6-4-5-12(9-13)10-14(18)16-11-15(19)17-7-2-3-8-17/h4-6,9H,2-3,7-8,10-11H2,1H3,(H,16,18). The minimum Gasteiger partial charge on any atom is -0.497 e. The Hall–Kier alpha value is -2.04. The maximum atomic E-state index is 11.8. The second kappa shape index (κ2) is 6.93. The molecular weight excluding hydrogens is 256 g/mol. The molecule has 1 aliphatic heterocycles. The van der Waals surface area contributed by atoms with Crippen molar-refractivity contribution < 1.29 is 14.3 Å². The van der Waals surface area contributed by atoms with E-state index < -0.39 is 0 Å². The van der Waals surface area contributed by atoms with Crippen LogP contribution in [0.15, 0.2) is 24.3 Å². The van der Waals surface area contributed by atoms with Gasteiger partial charge in [-0.3, -0.25) is 9.59 Å². The van der Waals surface area contributed by atoms with Crippen LogP contribution < -0.4 is 10.1 Å². The van der Waals surface area contributed by atoms with Crippen molar-refractivity contribution in [2.45, 2.75) is 19.3 Å². The first-order valence-corrected chi connectivity index (χ1v) is 6.86. The summed E-state index contributed by atoms with van der Waals surface area (Å²) in [6, 6.07) is 7.36. The van der Waals surface area contributed by atoms with Crippen molar-refractivity contribution in [2.75, 3.05) is 26.7 Å². The zero-order valence-corrected chi connectivity index (χ0v) is 11.7. The fraction of sp³-hybridized carbons (Fsp3) is 0.467. The molecule has 1 aromatic carbocycles. The normalized spacial score (nSPS) is 14.2. The van der Waals surface area contributed by atoms with E-state index in [1.165, 1.54) is 0 Å². The van der Waals surface area contributed by atoms with E-state index >= 15 is 0 Å². The van der Waals surface area contributed by atoms with Gasteiger partial charge in [-0.2, -0.15) is 0 Å². The molecule has 5 nitrogen and oxygen atoms in total. The molecule has 1 N–H and O–H groups in total. The maximum absolute atomic E-state index is 11.8. The lowest BCUT2D eigenvalue weighted by molar-refractivity contribution is -0.131. The van der Waals surface area contributed by atoms with Crippen LogP contribution in [0.3, 0.4) is 0 Å². The number of carbonyl (C=O) groups excluding carboxylic acids is 2. The summed E-state index contributed by atoms with van der Waals surface area (Å²) in [5.41, 5.74) is 0.871. The summed E-state index contributed by atoms with van der Waals surface area (Å²) in [7, 11) is 1.59. The quantitative estimate of drug-likeness (QED) is 0.872. The SMILES string of the molecule is COc1cccc(CC(=O)NCC(=O)N2CCCC2)c1. The lowest BCUT2D eigenvalue weighted by Gasteiger charge is -2.15. The molecule has 20 heavy (non-hydrogen) atoms. The molecule has 0 spiro atoms. The van der Waals surface area contributed by atoms with Crippen LogP contribution in [0.5, 0.6) is 5.75 Å². The van der Waals surface area contributed by atoms with Crippen molar-refractivity contribution in [1.82, 2.24) is 10.2 Å². The van der Waals surface area contributed by atoms with Crippen molar-refractivity contribution >= 4 is 11.8 Å². The summed E-state index contributed by atoms with van der Waals surface area (Å²) >= 11 is 0. The van der Waals surface area contributed by atoms with Crippen LogP contribution in [-0.2, 0) is 16.0 Å². The third-order valence-corrected chi connectivity index (χ3v) is 3.39. The molecule has 0 unspecified atom stereocenters. The molecule has 0 radical (unpaired) electrons. The summed E-state index contributed by atoms with van der Waals surface area (Å²) in [5.74, 6) is 0.579. The van der Waals surface area contributed by atoms with Gasteiger partial charge in [0.1, 0.15) is 5.75 Å². The Morgan fingerprint density at radius 1 is 1.30 bits per heavy atom. The number of hydrogen-bond donors (Lipinski definition) is 1.